The summed E-state index contributed by atoms with van der Waals surface area (Å²) >= 11 is 1.83. The molecule has 0 radical (unpaired) electrons. The molecule has 0 N–H and O–H groups in total. The Morgan fingerprint density at radius 1 is 0.875 bits per heavy atom. The summed E-state index contributed by atoms with van der Waals surface area (Å²) in [6.45, 7) is 16.6. The summed E-state index contributed by atoms with van der Waals surface area (Å²) in [4.78, 5) is 6.92. The van der Waals surface area contributed by atoms with Gasteiger partial charge in [-0.1, -0.05) is 139 Å². The molecule has 1 aliphatic rings. The van der Waals surface area contributed by atoms with E-state index in [4.69, 9.17) is 14.9 Å². The molecule has 8 rings (SSSR count). The predicted octanol–water partition coefficient (Wildman–Crippen LogP) is 14.6. The van der Waals surface area contributed by atoms with Gasteiger partial charge in [0.1, 0.15) is 0 Å². The molecule has 0 bridgehead atoms. The van der Waals surface area contributed by atoms with Crippen LogP contribution in [0, 0.1) is 24.9 Å². The maximum absolute atomic E-state index is 8.60. The second-order valence-corrected chi connectivity index (χ2v) is 22.3. The molecule has 7 aromatic rings. The van der Waals surface area contributed by atoms with Crippen molar-refractivity contribution in [2.24, 2.45) is 5.92 Å². The van der Waals surface area contributed by atoms with Crippen LogP contribution < -0.4 is 10.1 Å². The van der Waals surface area contributed by atoms with Crippen molar-refractivity contribution in [1.82, 2.24) is 4.98 Å². The van der Waals surface area contributed by atoms with E-state index in [0.29, 0.717) is 28.7 Å². The molecule has 288 valence electrons. The van der Waals surface area contributed by atoms with Crippen molar-refractivity contribution >= 4 is 61.8 Å². The van der Waals surface area contributed by atoms with Crippen LogP contribution in [0.15, 0.2) is 109 Å². The molecule has 0 aliphatic carbocycles. The summed E-state index contributed by atoms with van der Waals surface area (Å²) in [7, 11) is -1.87. The molecule has 1 atom stereocenters. The van der Waals surface area contributed by atoms with Crippen molar-refractivity contribution in [1.29, 1.82) is 0 Å². The number of benzene rings is 5. The predicted molar refractivity (Wildman–Crippen MR) is 242 cm³/mol. The molecule has 1 aliphatic heterocycles. The van der Waals surface area contributed by atoms with Gasteiger partial charge in [0.2, 0.25) is 0 Å². The fourth-order valence-corrected chi connectivity index (χ4v) is 9.76. The zero-order valence-corrected chi connectivity index (χ0v) is 37.8. The van der Waals surface area contributed by atoms with Crippen molar-refractivity contribution < 1.29 is 29.7 Å². The topological polar surface area (TPSA) is 30.2 Å². The van der Waals surface area contributed by atoms with Crippen LogP contribution in [0.2, 0.25) is 19.6 Å². The Kier molecular flexibility index (Phi) is 10.1. The molecular formula is C50H54IrN3SSi. The number of rotatable bonds is 8. The van der Waals surface area contributed by atoms with Crippen LogP contribution in [0.3, 0.4) is 0 Å². The zero-order valence-electron chi connectivity index (χ0n) is 40.6. The van der Waals surface area contributed by atoms with Crippen LogP contribution in [0.1, 0.15) is 97.0 Å². The van der Waals surface area contributed by atoms with Gasteiger partial charge >= 0.3 is 20.1 Å². The summed E-state index contributed by atoms with van der Waals surface area (Å²) in [5.74, 6) is 0.571. The number of hydrogen-bond donors (Lipinski definition) is 0. The van der Waals surface area contributed by atoms with E-state index in [1.807, 2.05) is 25.2 Å². The van der Waals surface area contributed by atoms with Gasteiger partial charge in [-0.05, 0) is 69.8 Å². The molecule has 0 saturated carbocycles. The fourth-order valence-electron chi connectivity index (χ4n) is 7.29. The number of pyridine rings is 1. The van der Waals surface area contributed by atoms with Crippen LogP contribution in [0.5, 0.6) is 0 Å². The van der Waals surface area contributed by atoms with Crippen LogP contribution in [-0.4, -0.2) is 13.1 Å². The minimum atomic E-state index is -2.56. The Morgan fingerprint density at radius 3 is 2.27 bits per heavy atom. The third kappa shape index (κ3) is 8.60. The molecule has 5 aromatic carbocycles. The second-order valence-electron chi connectivity index (χ2n) is 16.2. The van der Waals surface area contributed by atoms with E-state index in [2.05, 4.69) is 148 Å². The summed E-state index contributed by atoms with van der Waals surface area (Å²) < 4.78 is 58.4. The smallest absolute Gasteiger partial charge is 0.661 e. The Morgan fingerprint density at radius 2 is 1.59 bits per heavy atom. The maximum Gasteiger partial charge on any atom is 3.00 e. The Balaban J connectivity index is 0.000000211. The molecule has 6 heteroatoms. The third-order valence-electron chi connectivity index (χ3n) is 9.96. The van der Waals surface area contributed by atoms with Gasteiger partial charge in [-0.2, -0.15) is 23.8 Å². The number of anilines is 2. The van der Waals surface area contributed by atoms with Crippen LogP contribution in [-0.2, 0) is 26.5 Å². The van der Waals surface area contributed by atoms with E-state index >= 15 is 0 Å². The molecule has 2 aromatic heterocycles. The number of hydrogen-bond acceptors (Lipinski definition) is 3. The van der Waals surface area contributed by atoms with Crippen LogP contribution in [0.4, 0.5) is 17.1 Å². The molecule has 1 unspecified atom stereocenters. The van der Waals surface area contributed by atoms with Gasteiger partial charge < -0.3 is 15.2 Å². The molecule has 0 amide bonds. The van der Waals surface area contributed by atoms with Gasteiger partial charge in [0, 0.05) is 31.9 Å². The monoisotopic (exact) mass is 956 g/mol. The molecule has 0 saturated heterocycles. The van der Waals surface area contributed by atoms with Crippen molar-refractivity contribution in [3.8, 4) is 11.3 Å². The van der Waals surface area contributed by atoms with Crippen molar-refractivity contribution in [3.05, 3.63) is 155 Å². The van der Waals surface area contributed by atoms with Gasteiger partial charge in [0.05, 0.1) is 8.07 Å². The molecule has 56 heavy (non-hydrogen) atoms. The second kappa shape index (κ2) is 17.2. The van der Waals surface area contributed by atoms with E-state index in [0.717, 1.165) is 16.4 Å². The molecule has 0 fully saturated rings. The summed E-state index contributed by atoms with van der Waals surface area (Å²) in [6, 6.07) is 37.2. The van der Waals surface area contributed by atoms with E-state index in [-0.39, 0.29) is 49.8 Å². The van der Waals surface area contributed by atoms with Crippen molar-refractivity contribution in [2.45, 2.75) is 92.4 Å². The first kappa shape index (κ1) is 33.0. The summed E-state index contributed by atoms with van der Waals surface area (Å²) in [5, 5.41) is 8.78. The van der Waals surface area contributed by atoms with Gasteiger partial charge in [-0.15, -0.1) is 46.4 Å². The van der Waals surface area contributed by atoms with Crippen molar-refractivity contribution in [3.63, 3.8) is 0 Å². The van der Waals surface area contributed by atoms with E-state index in [1.165, 1.54) is 48.7 Å². The Labute approximate surface area is 363 Å². The summed E-state index contributed by atoms with van der Waals surface area (Å²) in [5.41, 5.74) is 8.30. The Bertz CT molecular complexity index is 2730. The van der Waals surface area contributed by atoms with Gasteiger partial charge in [-0.25, -0.2) is 11.3 Å². The Hall–Kier alpha value is -4.06. The molecule has 0 spiro atoms. The van der Waals surface area contributed by atoms with Crippen LogP contribution >= 0.6 is 11.3 Å². The average Bonchev–Trinajstić information content (AvgIpc) is 3.77. The first-order valence-corrected chi connectivity index (χ1v) is 23.5. The summed E-state index contributed by atoms with van der Waals surface area (Å²) in [6.07, 6.45) is -0.0205. The number of thiophene rings is 1. The number of para-hydroxylation sites is 3. The van der Waals surface area contributed by atoms with Gasteiger partial charge in [-0.3, -0.25) is 0 Å². The number of fused-ring (bicyclic) bond motifs is 4. The van der Waals surface area contributed by atoms with Gasteiger partial charge in [0.25, 0.3) is 0 Å². The standard InChI is InChI=1S/C31H28N2S.C19H26NSi.Ir/c1-19(2)22-11-9-12-23(20(3)4)30(22)33-27-14-7-6-13-26(27)32-31(33)21-16-17-29-25(18-21)24-10-5-8-15-28(24)34-29;1-14(2)11-17-12-18(16-9-7-15(3)8-10-16)20-13-19(17)21(4,5)6;/h5-15,17-20,31H,1-4H3;7-9,12-14H,11H2,1-6H3;/q-2;-1;+3/i;3D3,7D,8D,11D2;. The molecule has 3 nitrogen and oxygen atoms in total. The van der Waals surface area contributed by atoms with Crippen LogP contribution in [0.25, 0.3) is 36.7 Å². The maximum atomic E-state index is 8.60. The minimum absolute atomic E-state index is 0. The zero-order chi connectivity index (χ0) is 45.1. The van der Waals surface area contributed by atoms with Crippen molar-refractivity contribution in [2.75, 3.05) is 4.90 Å². The average molecular weight is 956 g/mol. The van der Waals surface area contributed by atoms with E-state index < -0.39 is 21.3 Å². The largest absolute Gasteiger partial charge is 3.00 e. The van der Waals surface area contributed by atoms with E-state index in [9.17, 15) is 0 Å². The van der Waals surface area contributed by atoms with E-state index in [1.54, 1.807) is 12.3 Å². The SMILES string of the molecule is CC(C)c1cccc(C(C)C)c1N1c2ccccc2[N-]C1c1[c-]cc2sc3ccccc3c2c1.[2H]c1[c-]c(-c2cc(C([2H])([2H])C(C)C)c([Si](C)(C)C)cn2)cc([2H])c1C([2H])([2H])[2H].[Ir+3]. The molecule has 3 heterocycles. The molecular weight excluding hydrogens is 895 g/mol. The first-order chi connectivity index (χ1) is 29.1. The third-order valence-corrected chi connectivity index (χ3v) is 13.1. The number of nitrogens with zero attached hydrogens (tertiary/aromatic N) is 3. The number of aromatic nitrogens is 1. The normalized spacial score (nSPS) is 16.2. The first-order valence-electron chi connectivity index (χ1n) is 22.7. The minimum Gasteiger partial charge on any atom is -0.661 e. The van der Waals surface area contributed by atoms with Gasteiger partial charge in [0.15, 0.2) is 0 Å². The fraction of sp³-hybridized carbons (Fsp3) is 0.300. The quantitative estimate of drug-likeness (QED) is 0.112.